The van der Waals surface area contributed by atoms with Crippen LogP contribution in [0, 0.1) is 0 Å². The molecule has 96 valence electrons. The Morgan fingerprint density at radius 1 is 1.33 bits per heavy atom. The molecule has 0 aliphatic rings. The molecule has 0 aliphatic carbocycles. The largest absolute Gasteiger partial charge is 0.398 e. The fraction of sp³-hybridized carbons (Fsp3) is 0.385. The monoisotopic (exact) mass is 247 g/mol. The van der Waals surface area contributed by atoms with Gasteiger partial charge in [0.05, 0.1) is 5.56 Å². The summed E-state index contributed by atoms with van der Waals surface area (Å²) in [5.74, 6) is 0.999. The fourth-order valence-electron chi connectivity index (χ4n) is 1.74. The second-order valence-electron chi connectivity index (χ2n) is 3.90. The average molecular weight is 247 g/mol. The van der Waals surface area contributed by atoms with Crippen LogP contribution in [0.5, 0.6) is 0 Å². The van der Waals surface area contributed by atoms with Crippen LogP contribution >= 0.6 is 0 Å². The predicted molar refractivity (Wildman–Crippen MR) is 68.8 cm³/mol. The van der Waals surface area contributed by atoms with E-state index in [2.05, 4.69) is 10.1 Å². The van der Waals surface area contributed by atoms with Crippen molar-refractivity contribution < 1.29 is 9.26 Å². The van der Waals surface area contributed by atoms with Crippen molar-refractivity contribution in [2.45, 2.75) is 26.4 Å². The van der Waals surface area contributed by atoms with Gasteiger partial charge in [0.15, 0.2) is 0 Å². The zero-order chi connectivity index (χ0) is 13.0. The quantitative estimate of drug-likeness (QED) is 0.822. The third kappa shape index (κ3) is 2.51. The lowest BCUT2D eigenvalue weighted by Crippen LogP contribution is -2.04. The summed E-state index contributed by atoms with van der Waals surface area (Å²) < 4.78 is 10.8. The minimum atomic E-state index is -0.127. The maximum Gasteiger partial charge on any atom is 0.260 e. The Kier molecular flexibility index (Phi) is 3.94. The predicted octanol–water partition coefficient (Wildman–Crippen LogP) is 2.81. The van der Waals surface area contributed by atoms with Crippen molar-refractivity contribution >= 4 is 5.69 Å². The number of nitrogens with zero attached hydrogens (tertiary/aromatic N) is 2. The molecule has 1 heterocycles. The highest BCUT2D eigenvalue weighted by Gasteiger charge is 2.18. The number of ether oxygens (including phenoxy) is 1. The van der Waals surface area contributed by atoms with Crippen LogP contribution in [0.15, 0.2) is 28.8 Å². The standard InChI is InChI=1S/C13H17N3O2/c1-3-11(17-4-2)12-15-13(18-16-12)9-7-5-6-8-10(9)14/h5-8,11H,3-4,14H2,1-2H3. The van der Waals surface area contributed by atoms with Gasteiger partial charge in [0.1, 0.15) is 6.10 Å². The summed E-state index contributed by atoms with van der Waals surface area (Å²) >= 11 is 0. The van der Waals surface area contributed by atoms with Gasteiger partial charge in [0, 0.05) is 12.3 Å². The van der Waals surface area contributed by atoms with Crippen molar-refractivity contribution in [3.8, 4) is 11.5 Å². The van der Waals surface area contributed by atoms with Gasteiger partial charge in [0.2, 0.25) is 5.82 Å². The molecule has 2 rings (SSSR count). The third-order valence-electron chi connectivity index (χ3n) is 2.66. The Morgan fingerprint density at radius 2 is 2.11 bits per heavy atom. The Balaban J connectivity index is 2.28. The van der Waals surface area contributed by atoms with Crippen LogP contribution in [0.4, 0.5) is 5.69 Å². The Morgan fingerprint density at radius 3 is 2.78 bits per heavy atom. The lowest BCUT2D eigenvalue weighted by molar-refractivity contribution is 0.0518. The van der Waals surface area contributed by atoms with E-state index < -0.39 is 0 Å². The Hall–Kier alpha value is -1.88. The molecule has 0 saturated heterocycles. The highest BCUT2D eigenvalue weighted by atomic mass is 16.5. The zero-order valence-electron chi connectivity index (χ0n) is 10.6. The second-order valence-corrected chi connectivity index (χ2v) is 3.90. The van der Waals surface area contributed by atoms with Crippen LogP contribution in [0.25, 0.3) is 11.5 Å². The molecule has 0 amide bonds. The number of para-hydroxylation sites is 1. The summed E-state index contributed by atoms with van der Waals surface area (Å²) in [7, 11) is 0. The molecule has 1 atom stereocenters. The topological polar surface area (TPSA) is 74.2 Å². The van der Waals surface area contributed by atoms with Crippen molar-refractivity contribution in [1.29, 1.82) is 0 Å². The molecule has 1 unspecified atom stereocenters. The van der Waals surface area contributed by atoms with E-state index in [1.165, 1.54) is 0 Å². The Bertz CT molecular complexity index is 510. The van der Waals surface area contributed by atoms with Gasteiger partial charge >= 0.3 is 0 Å². The highest BCUT2D eigenvalue weighted by molar-refractivity contribution is 5.69. The first kappa shape index (κ1) is 12.6. The van der Waals surface area contributed by atoms with Crippen molar-refractivity contribution in [1.82, 2.24) is 10.1 Å². The normalized spacial score (nSPS) is 12.6. The molecule has 2 N–H and O–H groups in total. The maximum atomic E-state index is 5.87. The SMILES string of the molecule is CCOC(CC)c1noc(-c2ccccc2N)n1. The molecule has 1 aromatic carbocycles. The van der Waals surface area contributed by atoms with Crippen LogP contribution in [-0.4, -0.2) is 16.7 Å². The van der Waals surface area contributed by atoms with E-state index in [0.29, 0.717) is 24.0 Å². The molecule has 2 aromatic rings. The van der Waals surface area contributed by atoms with Crippen LogP contribution in [-0.2, 0) is 4.74 Å². The minimum absolute atomic E-state index is 0.127. The van der Waals surface area contributed by atoms with Crippen LogP contribution in [0.2, 0.25) is 0 Å². The van der Waals surface area contributed by atoms with Gasteiger partial charge in [-0.1, -0.05) is 24.2 Å². The summed E-state index contributed by atoms with van der Waals surface area (Å²) in [6.45, 7) is 4.59. The smallest absolute Gasteiger partial charge is 0.260 e. The molecule has 0 bridgehead atoms. The first-order chi connectivity index (χ1) is 8.76. The van der Waals surface area contributed by atoms with E-state index in [1.54, 1.807) is 6.07 Å². The van der Waals surface area contributed by atoms with Crippen molar-refractivity contribution in [2.24, 2.45) is 0 Å². The Labute approximate surface area is 106 Å². The molecule has 0 aliphatic heterocycles. The molecule has 18 heavy (non-hydrogen) atoms. The first-order valence-electron chi connectivity index (χ1n) is 6.06. The van der Waals surface area contributed by atoms with Crippen LogP contribution in [0.3, 0.4) is 0 Å². The highest BCUT2D eigenvalue weighted by Crippen LogP contribution is 2.26. The van der Waals surface area contributed by atoms with Crippen LogP contribution < -0.4 is 5.73 Å². The number of hydrogen-bond acceptors (Lipinski definition) is 5. The van der Waals surface area contributed by atoms with Gasteiger partial charge in [-0.3, -0.25) is 0 Å². The molecule has 0 saturated carbocycles. The van der Waals surface area contributed by atoms with Crippen molar-refractivity contribution in [3.63, 3.8) is 0 Å². The van der Waals surface area contributed by atoms with E-state index >= 15 is 0 Å². The van der Waals surface area contributed by atoms with E-state index in [9.17, 15) is 0 Å². The fourth-order valence-corrected chi connectivity index (χ4v) is 1.74. The molecule has 5 heteroatoms. The van der Waals surface area contributed by atoms with Crippen molar-refractivity contribution in [3.05, 3.63) is 30.1 Å². The van der Waals surface area contributed by atoms with E-state index in [4.69, 9.17) is 15.0 Å². The number of benzene rings is 1. The molecule has 0 fully saturated rings. The average Bonchev–Trinajstić information content (AvgIpc) is 2.85. The summed E-state index contributed by atoms with van der Waals surface area (Å²) in [4.78, 5) is 4.35. The summed E-state index contributed by atoms with van der Waals surface area (Å²) in [5.41, 5.74) is 7.24. The van der Waals surface area contributed by atoms with Gasteiger partial charge in [-0.25, -0.2) is 0 Å². The zero-order valence-corrected chi connectivity index (χ0v) is 10.6. The van der Waals surface area contributed by atoms with Crippen LogP contribution in [0.1, 0.15) is 32.2 Å². The summed E-state index contributed by atoms with van der Waals surface area (Å²) in [5, 5.41) is 3.96. The third-order valence-corrected chi connectivity index (χ3v) is 2.66. The van der Waals surface area contributed by atoms with Gasteiger partial charge < -0.3 is 15.0 Å². The molecule has 0 spiro atoms. The van der Waals surface area contributed by atoms with Crippen molar-refractivity contribution in [2.75, 3.05) is 12.3 Å². The molecular weight excluding hydrogens is 230 g/mol. The molecular formula is C13H17N3O2. The van der Waals surface area contributed by atoms with Gasteiger partial charge in [-0.05, 0) is 25.5 Å². The number of aromatic nitrogens is 2. The number of hydrogen-bond donors (Lipinski definition) is 1. The van der Waals surface area contributed by atoms with Gasteiger partial charge in [-0.2, -0.15) is 4.98 Å². The lowest BCUT2D eigenvalue weighted by atomic mass is 10.2. The summed E-state index contributed by atoms with van der Waals surface area (Å²) in [6.07, 6.45) is 0.675. The number of anilines is 1. The minimum Gasteiger partial charge on any atom is -0.398 e. The number of nitrogen functional groups attached to an aromatic ring is 1. The number of nitrogens with two attached hydrogens (primary N) is 1. The molecule has 1 aromatic heterocycles. The first-order valence-corrected chi connectivity index (χ1v) is 6.06. The van der Waals surface area contributed by atoms with E-state index in [0.717, 1.165) is 12.0 Å². The van der Waals surface area contributed by atoms with Gasteiger partial charge in [-0.15, -0.1) is 0 Å². The van der Waals surface area contributed by atoms with Gasteiger partial charge in [0.25, 0.3) is 5.89 Å². The maximum absolute atomic E-state index is 5.87. The van der Waals surface area contributed by atoms with E-state index in [1.807, 2.05) is 32.0 Å². The second kappa shape index (κ2) is 5.64. The molecule has 5 nitrogen and oxygen atoms in total. The van der Waals surface area contributed by atoms with E-state index in [-0.39, 0.29) is 6.10 Å². The summed E-state index contributed by atoms with van der Waals surface area (Å²) in [6, 6.07) is 7.41. The number of rotatable bonds is 5. The lowest BCUT2D eigenvalue weighted by Gasteiger charge is -2.09. The molecule has 0 radical (unpaired) electrons.